The van der Waals surface area contributed by atoms with Crippen molar-refractivity contribution in [3.63, 3.8) is 0 Å². The molecule has 0 aliphatic heterocycles. The van der Waals surface area contributed by atoms with Crippen LogP contribution in [0.3, 0.4) is 0 Å². The molecule has 9 heteroatoms. The number of halogens is 1. The first-order chi connectivity index (χ1) is 15.0. The average Bonchev–Trinajstić information content (AvgIpc) is 3.32. The highest BCUT2D eigenvalue weighted by Crippen LogP contribution is 2.30. The Morgan fingerprint density at radius 3 is 2.74 bits per heavy atom. The zero-order valence-corrected chi connectivity index (χ0v) is 16.9. The van der Waals surface area contributed by atoms with Gasteiger partial charge in [-0.05, 0) is 31.2 Å². The zero-order chi connectivity index (χ0) is 21.5. The third kappa shape index (κ3) is 3.24. The summed E-state index contributed by atoms with van der Waals surface area (Å²) in [7, 11) is 1.58. The number of rotatable bonds is 5. The summed E-state index contributed by atoms with van der Waals surface area (Å²) >= 11 is 0. The van der Waals surface area contributed by atoms with Crippen LogP contribution in [0.25, 0.3) is 21.9 Å². The highest BCUT2D eigenvalue weighted by atomic mass is 19.1. The van der Waals surface area contributed by atoms with Crippen LogP contribution < -0.4 is 10.3 Å². The van der Waals surface area contributed by atoms with E-state index in [0.717, 1.165) is 10.9 Å². The van der Waals surface area contributed by atoms with Crippen LogP contribution in [-0.2, 0) is 13.1 Å². The summed E-state index contributed by atoms with van der Waals surface area (Å²) in [5, 5.41) is 4.51. The Hall–Kier alpha value is -4.01. The van der Waals surface area contributed by atoms with E-state index in [1.54, 1.807) is 42.9 Å². The predicted octanol–water partition coefficient (Wildman–Crippen LogP) is 3.29. The van der Waals surface area contributed by atoms with E-state index in [-0.39, 0.29) is 24.5 Å². The minimum Gasteiger partial charge on any atom is -0.497 e. The fourth-order valence-electron chi connectivity index (χ4n) is 3.73. The number of ether oxygens (including phenoxy) is 1. The number of fused-ring (bicyclic) bond motifs is 3. The van der Waals surface area contributed by atoms with Gasteiger partial charge in [0.15, 0.2) is 5.82 Å². The molecule has 5 aromatic rings. The van der Waals surface area contributed by atoms with Gasteiger partial charge >= 0.3 is 0 Å². The Labute approximate surface area is 175 Å². The Kier molecular flexibility index (Phi) is 4.50. The van der Waals surface area contributed by atoms with Crippen LogP contribution in [-0.4, -0.2) is 31.4 Å². The predicted molar refractivity (Wildman–Crippen MR) is 112 cm³/mol. The number of nitrogens with zero attached hydrogens (tertiary/aromatic N) is 5. The lowest BCUT2D eigenvalue weighted by Gasteiger charge is -2.09. The Bertz CT molecular complexity index is 1480. The monoisotopic (exact) mass is 419 g/mol. The first-order valence-corrected chi connectivity index (χ1v) is 9.63. The van der Waals surface area contributed by atoms with Gasteiger partial charge in [-0.25, -0.2) is 9.37 Å². The lowest BCUT2D eigenvalue weighted by Crippen LogP contribution is -2.23. The van der Waals surface area contributed by atoms with Crippen LogP contribution >= 0.6 is 0 Å². The van der Waals surface area contributed by atoms with E-state index in [1.807, 2.05) is 12.1 Å². The molecule has 0 aliphatic carbocycles. The summed E-state index contributed by atoms with van der Waals surface area (Å²) in [6, 6.07) is 12.0. The van der Waals surface area contributed by atoms with Crippen LogP contribution in [0.4, 0.5) is 4.39 Å². The topological polar surface area (TPSA) is 88.0 Å². The third-order valence-electron chi connectivity index (χ3n) is 5.20. The van der Waals surface area contributed by atoms with Gasteiger partial charge in [-0.2, -0.15) is 4.98 Å². The Morgan fingerprint density at radius 1 is 1.16 bits per heavy atom. The fourth-order valence-corrected chi connectivity index (χ4v) is 3.73. The van der Waals surface area contributed by atoms with Crippen molar-refractivity contribution in [2.24, 2.45) is 0 Å². The van der Waals surface area contributed by atoms with E-state index in [0.29, 0.717) is 34.1 Å². The second-order valence-electron chi connectivity index (χ2n) is 7.17. The van der Waals surface area contributed by atoms with E-state index in [9.17, 15) is 9.18 Å². The van der Waals surface area contributed by atoms with Crippen molar-refractivity contribution in [2.45, 2.75) is 20.0 Å². The van der Waals surface area contributed by atoms with E-state index < -0.39 is 0 Å². The second-order valence-corrected chi connectivity index (χ2v) is 7.17. The Balaban J connectivity index is 1.75. The lowest BCUT2D eigenvalue weighted by atomic mass is 10.2. The molecule has 5 rings (SSSR count). The summed E-state index contributed by atoms with van der Waals surface area (Å²) in [5.74, 6) is 1.10. The van der Waals surface area contributed by atoms with E-state index in [1.165, 1.54) is 17.0 Å². The Morgan fingerprint density at radius 2 is 2.00 bits per heavy atom. The number of aryl methyl sites for hydroxylation is 1. The number of hydrogen-bond donors (Lipinski definition) is 0. The van der Waals surface area contributed by atoms with Crippen LogP contribution in [0, 0.1) is 12.7 Å². The lowest BCUT2D eigenvalue weighted by molar-refractivity contribution is 0.366. The molecule has 0 amide bonds. The number of aromatic nitrogens is 5. The number of hydrogen-bond acceptors (Lipinski definition) is 6. The summed E-state index contributed by atoms with van der Waals surface area (Å²) in [6.07, 6.45) is 1.45. The largest absolute Gasteiger partial charge is 0.497 e. The van der Waals surface area contributed by atoms with Crippen LogP contribution in [0.15, 0.2) is 58.1 Å². The molecule has 0 unspecified atom stereocenters. The van der Waals surface area contributed by atoms with Gasteiger partial charge in [0.25, 0.3) is 5.56 Å². The van der Waals surface area contributed by atoms with Crippen molar-refractivity contribution in [1.82, 2.24) is 24.3 Å². The minimum atomic E-state index is -0.337. The average molecular weight is 419 g/mol. The smallest absolute Gasteiger partial charge is 0.278 e. The summed E-state index contributed by atoms with van der Waals surface area (Å²) < 4.78 is 28.1. The maximum absolute atomic E-state index is 14.4. The first kappa shape index (κ1) is 19.0. The molecule has 8 nitrogen and oxygen atoms in total. The van der Waals surface area contributed by atoms with Crippen molar-refractivity contribution < 1.29 is 13.7 Å². The van der Waals surface area contributed by atoms with E-state index >= 15 is 0 Å². The van der Waals surface area contributed by atoms with Crippen molar-refractivity contribution in [1.29, 1.82) is 0 Å². The van der Waals surface area contributed by atoms with Gasteiger partial charge in [0, 0.05) is 10.9 Å². The zero-order valence-electron chi connectivity index (χ0n) is 16.9. The molecule has 0 N–H and O–H groups in total. The summed E-state index contributed by atoms with van der Waals surface area (Å²) in [6.45, 7) is 1.98. The molecule has 3 heterocycles. The normalized spacial score (nSPS) is 11.5. The molecule has 0 saturated carbocycles. The second kappa shape index (κ2) is 7.35. The van der Waals surface area contributed by atoms with E-state index in [2.05, 4.69) is 15.1 Å². The van der Waals surface area contributed by atoms with Crippen LogP contribution in [0.2, 0.25) is 0 Å². The molecule has 0 radical (unpaired) electrons. The molecule has 0 fully saturated rings. The SMILES string of the molecule is COc1ccc2c(c1)c1ncn(Cc3nc(C)no3)c(=O)c1n2Cc1ccccc1F. The van der Waals surface area contributed by atoms with Gasteiger partial charge in [0.05, 0.1) is 25.5 Å². The summed E-state index contributed by atoms with van der Waals surface area (Å²) in [4.78, 5) is 22.1. The minimum absolute atomic E-state index is 0.0904. The van der Waals surface area contributed by atoms with Crippen LogP contribution in [0.5, 0.6) is 5.75 Å². The summed E-state index contributed by atoms with van der Waals surface area (Å²) in [5.41, 5.74) is 1.83. The van der Waals surface area contributed by atoms with E-state index in [4.69, 9.17) is 9.26 Å². The molecule has 2 aromatic carbocycles. The molecule has 0 bridgehead atoms. The van der Waals surface area contributed by atoms with Crippen LogP contribution in [0.1, 0.15) is 17.3 Å². The van der Waals surface area contributed by atoms with Crippen molar-refractivity contribution >= 4 is 21.9 Å². The van der Waals surface area contributed by atoms with Gasteiger partial charge in [0.2, 0.25) is 5.89 Å². The van der Waals surface area contributed by atoms with Gasteiger partial charge in [-0.15, -0.1) is 0 Å². The van der Waals surface area contributed by atoms with Gasteiger partial charge in [-0.3, -0.25) is 9.36 Å². The molecule has 0 atom stereocenters. The highest BCUT2D eigenvalue weighted by molar-refractivity contribution is 6.06. The molecular weight excluding hydrogens is 401 g/mol. The van der Waals surface area contributed by atoms with Gasteiger partial charge in [0.1, 0.15) is 29.1 Å². The number of benzene rings is 2. The van der Waals surface area contributed by atoms with Gasteiger partial charge in [-0.1, -0.05) is 23.4 Å². The molecule has 3 aromatic heterocycles. The maximum atomic E-state index is 14.4. The van der Waals surface area contributed by atoms with Crippen molar-refractivity contribution in [3.05, 3.63) is 82.2 Å². The van der Waals surface area contributed by atoms with Gasteiger partial charge < -0.3 is 13.8 Å². The molecule has 31 heavy (non-hydrogen) atoms. The molecule has 0 saturated heterocycles. The molecule has 0 aliphatic rings. The fraction of sp³-hybridized carbons (Fsp3) is 0.182. The highest BCUT2D eigenvalue weighted by Gasteiger charge is 2.19. The molecular formula is C22H18FN5O3. The maximum Gasteiger partial charge on any atom is 0.278 e. The van der Waals surface area contributed by atoms with Crippen molar-refractivity contribution in [2.75, 3.05) is 7.11 Å². The first-order valence-electron chi connectivity index (χ1n) is 9.63. The molecule has 156 valence electrons. The van der Waals surface area contributed by atoms with Crippen molar-refractivity contribution in [3.8, 4) is 5.75 Å². The molecule has 0 spiro atoms. The quantitative estimate of drug-likeness (QED) is 0.434. The standard InChI is InChI=1S/C22H18FN5O3/c1-13-25-19(31-26-13)11-27-12-24-20-16-9-15(30-2)7-8-18(16)28(21(20)22(27)29)10-14-5-3-4-6-17(14)23/h3-9,12H,10-11H2,1-2H3. The number of methoxy groups -OCH3 is 1. The third-order valence-corrected chi connectivity index (χ3v) is 5.20.